The van der Waals surface area contributed by atoms with Crippen LogP contribution in [0.4, 0.5) is 13.6 Å². The predicted molar refractivity (Wildman–Crippen MR) is 138 cm³/mol. The zero-order valence-electron chi connectivity index (χ0n) is 21.9. The van der Waals surface area contributed by atoms with Crippen LogP contribution in [0.5, 0.6) is 0 Å². The van der Waals surface area contributed by atoms with Gasteiger partial charge in [0.1, 0.15) is 11.6 Å². The maximum atomic E-state index is 15.4. The minimum absolute atomic E-state index is 0.00148. The number of piperidine rings is 1. The fraction of sp³-hybridized carbons (Fsp3) is 0.464. The van der Waals surface area contributed by atoms with E-state index in [1.54, 1.807) is 6.20 Å². The fourth-order valence-electron chi connectivity index (χ4n) is 6.07. The monoisotopic (exact) mass is 524 g/mol. The SMILES string of the molecule is CC(C)(C)N(C(=O)O)[C@@H]1C[C@H](N2Cc3cn[nH]c3C2)CN(CCc2ccccn2)[C@H]1c1cc(F)ccc1F. The Hall–Kier alpha value is -3.37. The van der Waals surface area contributed by atoms with E-state index in [1.807, 2.05) is 45.2 Å². The van der Waals surface area contributed by atoms with Gasteiger partial charge in [0.15, 0.2) is 0 Å². The molecule has 3 atom stereocenters. The second-order valence-electron chi connectivity index (χ2n) is 11.2. The van der Waals surface area contributed by atoms with Gasteiger partial charge in [0.2, 0.25) is 0 Å². The van der Waals surface area contributed by atoms with Gasteiger partial charge in [0, 0.05) is 67.2 Å². The zero-order valence-corrected chi connectivity index (χ0v) is 21.9. The number of halogens is 2. The van der Waals surface area contributed by atoms with Crippen LogP contribution in [0.25, 0.3) is 0 Å². The van der Waals surface area contributed by atoms with Crippen molar-refractivity contribution in [3.05, 3.63) is 82.9 Å². The van der Waals surface area contributed by atoms with Crippen LogP contribution in [0.15, 0.2) is 48.8 Å². The second-order valence-corrected chi connectivity index (χ2v) is 11.2. The third-order valence-corrected chi connectivity index (χ3v) is 7.69. The van der Waals surface area contributed by atoms with Gasteiger partial charge in [0.25, 0.3) is 0 Å². The molecule has 4 heterocycles. The van der Waals surface area contributed by atoms with E-state index in [4.69, 9.17) is 0 Å². The number of carbonyl (C=O) groups is 1. The maximum absolute atomic E-state index is 15.4. The average molecular weight is 525 g/mol. The van der Waals surface area contributed by atoms with Crippen molar-refractivity contribution in [1.29, 1.82) is 0 Å². The maximum Gasteiger partial charge on any atom is 0.408 e. The Balaban J connectivity index is 1.56. The first-order chi connectivity index (χ1) is 18.1. The van der Waals surface area contributed by atoms with Crippen LogP contribution in [-0.2, 0) is 19.5 Å². The van der Waals surface area contributed by atoms with E-state index in [1.165, 1.54) is 11.0 Å². The third kappa shape index (κ3) is 5.28. The molecule has 2 N–H and O–H groups in total. The normalized spacial score (nSPS) is 22.4. The van der Waals surface area contributed by atoms with Gasteiger partial charge in [0.05, 0.1) is 24.0 Å². The molecule has 2 aromatic heterocycles. The first-order valence-corrected chi connectivity index (χ1v) is 13.0. The van der Waals surface area contributed by atoms with Gasteiger partial charge in [-0.05, 0) is 57.5 Å². The number of nitrogens with one attached hydrogen (secondary N) is 1. The largest absolute Gasteiger partial charge is 0.465 e. The van der Waals surface area contributed by atoms with Crippen molar-refractivity contribution in [2.75, 3.05) is 13.1 Å². The minimum atomic E-state index is -1.08. The summed E-state index contributed by atoms with van der Waals surface area (Å²) >= 11 is 0. The number of pyridine rings is 1. The van der Waals surface area contributed by atoms with Gasteiger partial charge in [-0.25, -0.2) is 13.6 Å². The van der Waals surface area contributed by atoms with Crippen LogP contribution in [0.2, 0.25) is 0 Å². The summed E-state index contributed by atoms with van der Waals surface area (Å²) in [6.07, 6.45) is 3.57. The molecule has 0 spiro atoms. The summed E-state index contributed by atoms with van der Waals surface area (Å²) in [6, 6.07) is 7.90. The lowest BCUT2D eigenvalue weighted by atomic mass is 9.84. The number of hydrogen-bond donors (Lipinski definition) is 2. The smallest absolute Gasteiger partial charge is 0.408 e. The van der Waals surface area contributed by atoms with Gasteiger partial charge in [-0.3, -0.25) is 24.8 Å². The highest BCUT2D eigenvalue weighted by Crippen LogP contribution is 2.41. The van der Waals surface area contributed by atoms with E-state index in [0.29, 0.717) is 39.0 Å². The number of aromatic amines is 1. The molecule has 0 unspecified atom stereocenters. The summed E-state index contributed by atoms with van der Waals surface area (Å²) in [6.45, 7) is 8.01. The Morgan fingerprint density at radius 2 is 2.03 bits per heavy atom. The van der Waals surface area contributed by atoms with Crippen molar-refractivity contribution in [2.24, 2.45) is 0 Å². The van der Waals surface area contributed by atoms with E-state index in [0.717, 1.165) is 29.1 Å². The molecule has 202 valence electrons. The van der Waals surface area contributed by atoms with Gasteiger partial charge in [-0.15, -0.1) is 0 Å². The third-order valence-electron chi connectivity index (χ3n) is 7.69. The lowest BCUT2D eigenvalue weighted by molar-refractivity contribution is -0.0340. The van der Waals surface area contributed by atoms with Crippen LogP contribution in [0.1, 0.15) is 55.7 Å². The predicted octanol–water partition coefficient (Wildman–Crippen LogP) is 4.60. The summed E-state index contributed by atoms with van der Waals surface area (Å²) in [5.74, 6) is -1.08. The first kappa shape index (κ1) is 26.2. The highest BCUT2D eigenvalue weighted by atomic mass is 19.1. The van der Waals surface area contributed by atoms with Crippen molar-refractivity contribution < 1.29 is 18.7 Å². The fourth-order valence-corrected chi connectivity index (χ4v) is 6.07. The Labute approximate surface area is 221 Å². The number of rotatable bonds is 6. The Morgan fingerprint density at radius 3 is 2.71 bits per heavy atom. The van der Waals surface area contributed by atoms with Crippen LogP contribution in [0.3, 0.4) is 0 Å². The Morgan fingerprint density at radius 1 is 1.21 bits per heavy atom. The van der Waals surface area contributed by atoms with E-state index in [2.05, 4.69) is 25.0 Å². The van der Waals surface area contributed by atoms with Crippen molar-refractivity contribution in [3.63, 3.8) is 0 Å². The van der Waals surface area contributed by atoms with Gasteiger partial charge in [-0.2, -0.15) is 5.10 Å². The van der Waals surface area contributed by atoms with E-state index < -0.39 is 35.4 Å². The average Bonchev–Trinajstić information content (AvgIpc) is 3.46. The molecule has 0 saturated carbocycles. The molecular weight excluding hydrogens is 490 g/mol. The number of carboxylic acid groups (broad SMARTS) is 1. The number of hydrogen-bond acceptors (Lipinski definition) is 5. The van der Waals surface area contributed by atoms with Crippen molar-refractivity contribution >= 4 is 6.09 Å². The standard InChI is InChI=1S/C28H34F2N6O2/c1-28(2,3)36(27(37)38)25-13-21(35-15-18-14-32-33-24(18)17-35)16-34(11-9-20-6-4-5-10-31-20)26(25)22-12-19(29)7-8-23(22)30/h4-8,10,12,14,21,25-26H,9,11,13,15-17H2,1-3H3,(H,32,33)(H,37,38)/t21-,25+,26-/m0/s1. The lowest BCUT2D eigenvalue weighted by Gasteiger charge is -2.52. The Bertz CT molecular complexity index is 1260. The molecule has 38 heavy (non-hydrogen) atoms. The number of H-pyrrole nitrogens is 1. The van der Waals surface area contributed by atoms with Crippen LogP contribution < -0.4 is 0 Å². The number of nitrogens with zero attached hydrogens (tertiary/aromatic N) is 5. The number of fused-ring (bicyclic) bond motifs is 1. The van der Waals surface area contributed by atoms with Crippen molar-refractivity contribution in [3.8, 4) is 0 Å². The summed E-state index contributed by atoms with van der Waals surface area (Å²) in [7, 11) is 0. The molecular formula is C28H34F2N6O2. The first-order valence-electron chi connectivity index (χ1n) is 13.0. The molecule has 8 nitrogen and oxygen atoms in total. The van der Waals surface area contributed by atoms with Gasteiger partial charge in [-0.1, -0.05) is 6.07 Å². The molecule has 0 aliphatic carbocycles. The lowest BCUT2D eigenvalue weighted by Crippen LogP contribution is -2.62. The molecule has 0 bridgehead atoms. The summed E-state index contributed by atoms with van der Waals surface area (Å²) in [4.78, 5) is 23.0. The molecule has 3 aromatic rings. The Kier molecular flexibility index (Phi) is 7.19. The zero-order chi connectivity index (χ0) is 27.0. The highest BCUT2D eigenvalue weighted by Gasteiger charge is 2.47. The van der Waals surface area contributed by atoms with Gasteiger partial charge < -0.3 is 5.11 Å². The minimum Gasteiger partial charge on any atom is -0.465 e. The molecule has 1 saturated heterocycles. The van der Waals surface area contributed by atoms with E-state index in [-0.39, 0.29) is 11.6 Å². The number of likely N-dealkylation sites (tertiary alicyclic amines) is 1. The summed E-state index contributed by atoms with van der Waals surface area (Å²) < 4.78 is 29.9. The van der Waals surface area contributed by atoms with Crippen LogP contribution >= 0.6 is 0 Å². The van der Waals surface area contributed by atoms with Crippen molar-refractivity contribution in [2.45, 2.75) is 70.4 Å². The van der Waals surface area contributed by atoms with Crippen molar-refractivity contribution in [1.82, 2.24) is 29.9 Å². The number of amides is 1. The number of benzene rings is 1. The second kappa shape index (κ2) is 10.4. The molecule has 2 aliphatic rings. The van der Waals surface area contributed by atoms with Gasteiger partial charge >= 0.3 is 6.09 Å². The van der Waals surface area contributed by atoms with Crippen LogP contribution in [0, 0.1) is 11.6 Å². The van der Waals surface area contributed by atoms with Crippen LogP contribution in [-0.4, -0.2) is 71.8 Å². The van der Waals surface area contributed by atoms with E-state index in [9.17, 15) is 14.3 Å². The molecule has 1 fully saturated rings. The molecule has 5 rings (SSSR count). The summed E-state index contributed by atoms with van der Waals surface area (Å²) in [5, 5.41) is 17.6. The topological polar surface area (TPSA) is 88.6 Å². The molecule has 1 amide bonds. The molecule has 10 heteroatoms. The molecule has 1 aromatic carbocycles. The summed E-state index contributed by atoms with van der Waals surface area (Å²) in [5.41, 5.74) is 2.50. The molecule has 2 aliphatic heterocycles. The molecule has 0 radical (unpaired) electrons. The van der Waals surface area contributed by atoms with E-state index >= 15 is 4.39 Å². The number of aromatic nitrogens is 3. The highest BCUT2D eigenvalue weighted by molar-refractivity contribution is 5.67. The quantitative estimate of drug-likeness (QED) is 0.490.